The fourth-order valence-corrected chi connectivity index (χ4v) is 6.97. The first-order valence-corrected chi connectivity index (χ1v) is 15.7. The van der Waals surface area contributed by atoms with Gasteiger partial charge in [-0.2, -0.15) is 0 Å². The largest absolute Gasteiger partial charge is 0.456 e. The second-order valence-electron chi connectivity index (χ2n) is 11.8. The molecule has 2 heterocycles. The molecule has 0 unspecified atom stereocenters. The van der Waals surface area contributed by atoms with Crippen LogP contribution in [0, 0.1) is 0 Å². The Morgan fingerprint density at radius 2 is 0.958 bits per heavy atom. The van der Waals surface area contributed by atoms with Crippen molar-refractivity contribution in [3.63, 3.8) is 0 Å². The summed E-state index contributed by atoms with van der Waals surface area (Å²) in [5.74, 6) is 0.764. The van der Waals surface area contributed by atoms with Crippen molar-refractivity contribution in [3.8, 4) is 44.7 Å². The van der Waals surface area contributed by atoms with Crippen LogP contribution < -0.4 is 0 Å². The maximum atomic E-state index is 9.20. The second kappa shape index (κ2) is 10.6. The summed E-state index contributed by atoms with van der Waals surface area (Å²) < 4.78 is 83.9. The Morgan fingerprint density at radius 1 is 0.396 bits per heavy atom. The zero-order chi connectivity index (χ0) is 38.6. The van der Waals surface area contributed by atoms with Crippen LogP contribution in [-0.2, 0) is 0 Å². The average molecular weight is 621 g/mol. The smallest absolute Gasteiger partial charge is 0.139 e. The third kappa shape index (κ3) is 4.13. The van der Waals surface area contributed by atoms with Gasteiger partial charge in [0.1, 0.15) is 22.5 Å². The van der Waals surface area contributed by atoms with Gasteiger partial charge in [-0.1, -0.05) is 145 Å². The van der Waals surface area contributed by atoms with E-state index in [2.05, 4.69) is 6.07 Å². The van der Waals surface area contributed by atoms with Gasteiger partial charge in [-0.15, -0.1) is 0 Å². The molecule has 0 aliphatic rings. The van der Waals surface area contributed by atoms with Gasteiger partial charge in [-0.3, -0.25) is 0 Å². The van der Waals surface area contributed by atoms with Crippen LogP contribution in [0.3, 0.4) is 0 Å². The van der Waals surface area contributed by atoms with Crippen molar-refractivity contribution in [1.29, 1.82) is 0 Å². The molecule has 0 radical (unpaired) electrons. The lowest BCUT2D eigenvalue weighted by Gasteiger charge is -2.18. The normalized spacial score (nSPS) is 14.1. The van der Waals surface area contributed by atoms with E-state index in [0.29, 0.717) is 33.4 Å². The van der Waals surface area contributed by atoms with Crippen molar-refractivity contribution in [1.82, 2.24) is 0 Å². The van der Waals surface area contributed by atoms with Crippen LogP contribution in [0.1, 0.15) is 11.0 Å². The van der Waals surface area contributed by atoms with Crippen molar-refractivity contribution in [2.75, 3.05) is 0 Å². The Balaban J connectivity index is 1.22. The summed E-state index contributed by atoms with van der Waals surface area (Å²) in [6, 6.07) is 35.5. The maximum Gasteiger partial charge on any atom is 0.139 e. The van der Waals surface area contributed by atoms with Gasteiger partial charge in [0, 0.05) is 27.8 Å². The summed E-state index contributed by atoms with van der Waals surface area (Å²) in [5.41, 5.74) is 6.61. The molecule has 0 saturated heterocycles. The van der Waals surface area contributed by atoms with E-state index in [1.807, 2.05) is 91.0 Å². The lowest BCUT2D eigenvalue weighted by atomic mass is 9.85. The molecule has 0 aliphatic carbocycles. The van der Waals surface area contributed by atoms with Gasteiger partial charge in [-0.05, 0) is 73.1 Å². The summed E-state index contributed by atoms with van der Waals surface area (Å²) in [5, 5.41) is 3.53. The van der Waals surface area contributed by atoms with Crippen LogP contribution >= 0.6 is 0 Å². The van der Waals surface area contributed by atoms with Crippen molar-refractivity contribution < 1.29 is 19.8 Å². The molecule has 0 bridgehead atoms. The molecule has 0 spiro atoms. The van der Waals surface area contributed by atoms with Crippen molar-refractivity contribution in [2.24, 2.45) is 0 Å². The average Bonchev–Trinajstić information content (AvgIpc) is 3.82. The molecule has 2 nitrogen and oxygen atoms in total. The number of fused-ring (bicyclic) bond motifs is 6. The molecule has 0 amide bonds. The topological polar surface area (TPSA) is 26.3 Å². The monoisotopic (exact) mass is 620 g/mol. The first-order valence-electron chi connectivity index (χ1n) is 19.7. The number of benzene rings is 8. The van der Waals surface area contributed by atoms with Crippen LogP contribution in [0.5, 0.6) is 0 Å². The molecule has 2 aromatic heterocycles. The highest BCUT2D eigenvalue weighted by molar-refractivity contribution is 6.21. The predicted octanol–water partition coefficient (Wildman–Crippen LogP) is 13.3. The minimum Gasteiger partial charge on any atom is -0.456 e. The molecular formula is C46H28O2. The molecule has 0 N–H and O–H groups in total. The fourth-order valence-electron chi connectivity index (χ4n) is 6.97. The summed E-state index contributed by atoms with van der Waals surface area (Å²) in [7, 11) is 0. The summed E-state index contributed by atoms with van der Waals surface area (Å²) >= 11 is 0. The van der Waals surface area contributed by atoms with Gasteiger partial charge in [0.25, 0.3) is 0 Å². The molecule has 0 saturated carbocycles. The molecule has 48 heavy (non-hydrogen) atoms. The Hall–Kier alpha value is -6.38. The van der Waals surface area contributed by atoms with Gasteiger partial charge in [0.15, 0.2) is 0 Å². The second-order valence-corrected chi connectivity index (χ2v) is 11.8. The lowest BCUT2D eigenvalue weighted by molar-refractivity contribution is 0.628. The number of hydrogen-bond donors (Lipinski definition) is 0. The minimum absolute atomic E-state index is 0.182. The Morgan fingerprint density at radius 3 is 1.58 bits per heavy atom. The van der Waals surface area contributed by atoms with Crippen LogP contribution in [0.4, 0.5) is 0 Å². The molecule has 10 aromatic rings. The van der Waals surface area contributed by atoms with Gasteiger partial charge in [-0.25, -0.2) is 0 Å². The van der Waals surface area contributed by atoms with Gasteiger partial charge in [0.2, 0.25) is 0 Å². The zero-order valence-electron chi connectivity index (χ0n) is 33.4. The Labute approximate surface area is 288 Å². The lowest BCUT2D eigenvalue weighted by Crippen LogP contribution is -1.90. The third-order valence-corrected chi connectivity index (χ3v) is 9.11. The number of furan rings is 2. The third-order valence-electron chi connectivity index (χ3n) is 9.11. The van der Waals surface area contributed by atoms with E-state index in [-0.39, 0.29) is 45.7 Å². The molecule has 2 heteroatoms. The highest BCUT2D eigenvalue weighted by Crippen LogP contribution is 2.45. The van der Waals surface area contributed by atoms with E-state index in [1.165, 1.54) is 0 Å². The number of hydrogen-bond acceptors (Lipinski definition) is 2. The van der Waals surface area contributed by atoms with E-state index in [1.54, 1.807) is 24.3 Å². The predicted molar refractivity (Wildman–Crippen MR) is 200 cm³/mol. The standard InChI is InChI=1S/C46H28O2/c1-3-12-30(13-4-1)41-27-33-26-39-43(28-42(33)48-41)47-40-21-11-20-34(46(39)40)29-22-24-32(25-23-29)45-37-18-9-7-16-35(37)44(31-14-5-2-6-15-31)36-17-8-10-19-38(36)45/h1-28H/i7D,8D,9D,10D,16D,17D,18D,19D. The number of rotatable bonds is 4. The Bertz CT molecular complexity index is 3180. The summed E-state index contributed by atoms with van der Waals surface area (Å²) in [6.07, 6.45) is 0. The van der Waals surface area contributed by atoms with E-state index < -0.39 is 24.2 Å². The molecular weight excluding hydrogens is 585 g/mol. The van der Waals surface area contributed by atoms with E-state index in [0.717, 1.165) is 44.2 Å². The van der Waals surface area contributed by atoms with Crippen LogP contribution in [-0.4, -0.2) is 0 Å². The molecule has 0 fully saturated rings. The van der Waals surface area contributed by atoms with E-state index in [9.17, 15) is 2.74 Å². The first kappa shape index (κ1) is 20.0. The molecule has 0 atom stereocenters. The van der Waals surface area contributed by atoms with Gasteiger partial charge >= 0.3 is 0 Å². The zero-order valence-corrected chi connectivity index (χ0v) is 25.4. The highest BCUT2D eigenvalue weighted by Gasteiger charge is 2.18. The van der Waals surface area contributed by atoms with E-state index >= 15 is 0 Å². The van der Waals surface area contributed by atoms with Gasteiger partial charge in [0.05, 0.1) is 11.0 Å². The molecule has 0 aliphatic heterocycles. The summed E-state index contributed by atoms with van der Waals surface area (Å²) in [4.78, 5) is 0. The molecule has 224 valence electrons. The van der Waals surface area contributed by atoms with Crippen LogP contribution in [0.25, 0.3) is 99.2 Å². The van der Waals surface area contributed by atoms with Crippen LogP contribution in [0.15, 0.2) is 179 Å². The SMILES string of the molecule is [2H]c1c([2H])c([2H])c2c(-c3ccc(-c4cccc5oc6cc7oc(-c8ccccc8)cc7cc6c45)cc3)c3c([2H])c([2H])c([2H])c([2H])c3c(-c3ccccc3)c2c1[2H]. The Kier molecular flexibility index (Phi) is 4.41. The van der Waals surface area contributed by atoms with Crippen molar-refractivity contribution >= 4 is 54.5 Å². The van der Waals surface area contributed by atoms with Gasteiger partial charge < -0.3 is 8.83 Å². The van der Waals surface area contributed by atoms with Crippen molar-refractivity contribution in [3.05, 3.63) is 170 Å². The minimum atomic E-state index is -0.430. The fraction of sp³-hybridized carbons (Fsp3) is 0. The highest BCUT2D eigenvalue weighted by atomic mass is 16.3. The molecule has 8 aromatic carbocycles. The quantitative estimate of drug-likeness (QED) is 0.183. The van der Waals surface area contributed by atoms with E-state index in [4.69, 9.17) is 17.1 Å². The summed E-state index contributed by atoms with van der Waals surface area (Å²) in [6.45, 7) is 0. The molecule has 10 rings (SSSR count). The van der Waals surface area contributed by atoms with Crippen molar-refractivity contribution in [2.45, 2.75) is 0 Å². The first-order chi connectivity index (χ1) is 27.1. The maximum absolute atomic E-state index is 9.20. The van der Waals surface area contributed by atoms with Crippen LogP contribution in [0.2, 0.25) is 0 Å².